The van der Waals surface area contributed by atoms with Crippen molar-refractivity contribution in [2.24, 2.45) is 5.73 Å². The van der Waals surface area contributed by atoms with E-state index >= 15 is 0 Å². The molecule has 0 spiro atoms. The van der Waals surface area contributed by atoms with Gasteiger partial charge >= 0.3 is 0 Å². The van der Waals surface area contributed by atoms with Crippen LogP contribution in [-0.2, 0) is 9.59 Å². The van der Waals surface area contributed by atoms with E-state index in [2.05, 4.69) is 62.5 Å². The fraction of sp³-hybridized carbons (Fsp3) is 0.795. The molecule has 0 aromatic rings. The summed E-state index contributed by atoms with van der Waals surface area (Å²) in [6.45, 7) is 7.49. The molecule has 0 unspecified atom stereocenters. The Labute approximate surface area is 269 Å². The Kier molecular flexibility index (Phi) is 40.4. The first-order chi connectivity index (χ1) is 21.1. The molecule has 2 amide bonds. The van der Waals surface area contributed by atoms with Gasteiger partial charge in [-0.25, -0.2) is 0 Å². The highest BCUT2D eigenvalue weighted by Crippen LogP contribution is 2.13. The molecular weight excluding hydrogens is 528 g/mol. The second-order valence-corrected chi connectivity index (χ2v) is 12.1. The minimum absolute atomic E-state index is 0.175. The maximum absolute atomic E-state index is 11.6. The highest BCUT2D eigenvalue weighted by atomic mass is 16.1. The van der Waals surface area contributed by atoms with Crippen LogP contribution in [0.25, 0.3) is 0 Å². The van der Waals surface area contributed by atoms with Crippen molar-refractivity contribution in [3.8, 4) is 0 Å². The van der Waals surface area contributed by atoms with Gasteiger partial charge in [-0.2, -0.15) is 0 Å². The normalized spacial score (nSPS) is 11.4. The highest BCUT2D eigenvalue weighted by Gasteiger charge is 2.00. The molecule has 0 bridgehead atoms. The maximum Gasteiger partial charge on any atom is 0.219 e. The lowest BCUT2D eigenvalue weighted by atomic mass is 10.0. The molecule has 0 aliphatic carbocycles. The average Bonchev–Trinajstić information content (AvgIpc) is 3.00. The predicted molar refractivity (Wildman–Crippen MR) is 191 cm³/mol. The number of carbonyl (C=O) groups excluding carboxylic acids is 2. The molecular formula is C39H74N2O2. The van der Waals surface area contributed by atoms with Gasteiger partial charge in [-0.05, 0) is 51.4 Å². The molecule has 0 aromatic heterocycles. The molecule has 0 aromatic carbocycles. The van der Waals surface area contributed by atoms with Gasteiger partial charge in [0.15, 0.2) is 0 Å². The number of carbonyl (C=O) groups is 2. The van der Waals surface area contributed by atoms with Gasteiger partial charge < -0.3 is 11.1 Å². The number of allylic oxidation sites excluding steroid dienone is 6. The van der Waals surface area contributed by atoms with Crippen LogP contribution in [0.4, 0.5) is 0 Å². The minimum atomic E-state index is -0.175. The van der Waals surface area contributed by atoms with Crippen molar-refractivity contribution in [1.82, 2.24) is 5.32 Å². The van der Waals surface area contributed by atoms with Crippen molar-refractivity contribution in [2.45, 2.75) is 194 Å². The van der Waals surface area contributed by atoms with Crippen molar-refractivity contribution in [1.29, 1.82) is 0 Å². The van der Waals surface area contributed by atoms with Crippen molar-refractivity contribution in [3.05, 3.63) is 36.5 Å². The van der Waals surface area contributed by atoms with Crippen LogP contribution in [0.15, 0.2) is 36.5 Å². The van der Waals surface area contributed by atoms with Gasteiger partial charge in [0.2, 0.25) is 11.8 Å². The first kappa shape index (κ1) is 43.3. The smallest absolute Gasteiger partial charge is 0.219 e. The van der Waals surface area contributed by atoms with E-state index in [-0.39, 0.29) is 11.8 Å². The quantitative estimate of drug-likeness (QED) is 0.0612. The molecule has 252 valence electrons. The Morgan fingerprint density at radius 3 is 1.42 bits per heavy atom. The Bertz CT molecular complexity index is 654. The predicted octanol–water partition coefficient (Wildman–Crippen LogP) is 11.8. The summed E-state index contributed by atoms with van der Waals surface area (Å²) in [7, 11) is 0. The molecule has 0 saturated heterocycles. The summed E-state index contributed by atoms with van der Waals surface area (Å²) >= 11 is 0. The van der Waals surface area contributed by atoms with Crippen LogP contribution in [0.2, 0.25) is 0 Å². The number of amides is 2. The van der Waals surface area contributed by atoms with Gasteiger partial charge in [0.25, 0.3) is 0 Å². The van der Waals surface area contributed by atoms with Crippen LogP contribution in [0, 0.1) is 0 Å². The second-order valence-electron chi connectivity index (χ2n) is 12.1. The third-order valence-electron chi connectivity index (χ3n) is 7.68. The number of nitrogens with two attached hydrogens (primary N) is 1. The van der Waals surface area contributed by atoms with E-state index in [1.54, 1.807) is 0 Å². The van der Waals surface area contributed by atoms with Crippen LogP contribution in [0.3, 0.4) is 0 Å². The fourth-order valence-corrected chi connectivity index (χ4v) is 4.91. The highest BCUT2D eigenvalue weighted by molar-refractivity contribution is 5.75. The van der Waals surface area contributed by atoms with Crippen molar-refractivity contribution in [2.75, 3.05) is 6.54 Å². The SMILES string of the molecule is CC/C=C\C/C=C\C/C=C\CCCCCCCC(N)=O.CCCCCCCCCCCCCCCC(=O)NCCCCC. The summed E-state index contributed by atoms with van der Waals surface area (Å²) in [5, 5.41) is 3.02. The van der Waals surface area contributed by atoms with E-state index in [4.69, 9.17) is 5.73 Å². The summed E-state index contributed by atoms with van der Waals surface area (Å²) in [4.78, 5) is 22.1. The molecule has 0 aliphatic heterocycles. The summed E-state index contributed by atoms with van der Waals surface area (Å²) in [5.74, 6) is 0.0790. The second kappa shape index (κ2) is 40.2. The first-order valence-electron chi connectivity index (χ1n) is 18.6. The Hall–Kier alpha value is -1.84. The first-order valence-corrected chi connectivity index (χ1v) is 18.6. The summed E-state index contributed by atoms with van der Waals surface area (Å²) < 4.78 is 0. The molecule has 3 N–H and O–H groups in total. The molecule has 0 rings (SSSR count). The van der Waals surface area contributed by atoms with Crippen LogP contribution in [0.1, 0.15) is 194 Å². The monoisotopic (exact) mass is 603 g/mol. The number of hydrogen-bond acceptors (Lipinski definition) is 2. The molecule has 4 nitrogen and oxygen atoms in total. The molecule has 0 aliphatic rings. The van der Waals surface area contributed by atoms with Gasteiger partial charge in [0.05, 0.1) is 0 Å². The number of rotatable bonds is 31. The number of unbranched alkanes of at least 4 members (excludes halogenated alkanes) is 19. The van der Waals surface area contributed by atoms with E-state index in [9.17, 15) is 9.59 Å². The van der Waals surface area contributed by atoms with Gasteiger partial charge in [-0.3, -0.25) is 9.59 Å². The molecule has 4 heteroatoms. The van der Waals surface area contributed by atoms with E-state index in [0.717, 1.165) is 57.9 Å². The molecule has 0 atom stereocenters. The Morgan fingerprint density at radius 2 is 0.907 bits per heavy atom. The third-order valence-corrected chi connectivity index (χ3v) is 7.68. The molecule has 0 radical (unpaired) electrons. The van der Waals surface area contributed by atoms with E-state index in [0.29, 0.717) is 6.42 Å². The lowest BCUT2D eigenvalue weighted by molar-refractivity contribution is -0.121. The van der Waals surface area contributed by atoms with Crippen LogP contribution >= 0.6 is 0 Å². The summed E-state index contributed by atoms with van der Waals surface area (Å²) in [5.41, 5.74) is 5.09. The number of nitrogens with one attached hydrogen (secondary N) is 1. The van der Waals surface area contributed by atoms with Crippen LogP contribution in [-0.4, -0.2) is 18.4 Å². The maximum atomic E-state index is 11.6. The van der Waals surface area contributed by atoms with Gasteiger partial charge in [-0.1, -0.05) is 166 Å². The zero-order valence-electron chi connectivity index (χ0n) is 29.2. The third kappa shape index (κ3) is 44.7. The average molecular weight is 603 g/mol. The molecule has 0 saturated carbocycles. The standard InChI is InChI=1S/C21H43NO.C18H31NO/c1-3-5-7-8-9-10-11-12-13-14-15-16-17-19-21(23)22-20-18-6-4-2;1-2-3-4-5-6-7-8-9-10-11-12-13-14-15-16-17-18(19)20/h3-20H2,1-2H3,(H,22,23);3-4,6-7,9-10H,2,5,8,11-17H2,1H3,(H2,19,20)/b;4-3-,7-6-,10-9-. The summed E-state index contributed by atoms with van der Waals surface area (Å²) in [6, 6.07) is 0. The fourth-order valence-electron chi connectivity index (χ4n) is 4.91. The van der Waals surface area contributed by atoms with Gasteiger partial charge in [-0.15, -0.1) is 0 Å². The lowest BCUT2D eigenvalue weighted by Gasteiger charge is -2.05. The van der Waals surface area contributed by atoms with Gasteiger partial charge in [0, 0.05) is 19.4 Å². The summed E-state index contributed by atoms with van der Waals surface area (Å²) in [6.07, 6.45) is 46.0. The zero-order valence-corrected chi connectivity index (χ0v) is 29.2. The molecule has 0 heterocycles. The Balaban J connectivity index is 0. The molecule has 0 fully saturated rings. The van der Waals surface area contributed by atoms with Gasteiger partial charge in [0.1, 0.15) is 0 Å². The zero-order chi connectivity index (χ0) is 31.9. The van der Waals surface area contributed by atoms with E-state index < -0.39 is 0 Å². The topological polar surface area (TPSA) is 72.2 Å². The largest absolute Gasteiger partial charge is 0.370 e. The van der Waals surface area contributed by atoms with Crippen molar-refractivity contribution in [3.63, 3.8) is 0 Å². The number of primary amides is 1. The minimum Gasteiger partial charge on any atom is -0.370 e. The molecule has 43 heavy (non-hydrogen) atoms. The lowest BCUT2D eigenvalue weighted by Crippen LogP contribution is -2.23. The van der Waals surface area contributed by atoms with Crippen LogP contribution < -0.4 is 11.1 Å². The van der Waals surface area contributed by atoms with Crippen LogP contribution in [0.5, 0.6) is 0 Å². The Morgan fingerprint density at radius 1 is 0.488 bits per heavy atom. The number of hydrogen-bond donors (Lipinski definition) is 2. The van der Waals surface area contributed by atoms with E-state index in [1.807, 2.05) is 0 Å². The van der Waals surface area contributed by atoms with Crippen molar-refractivity contribution >= 4 is 11.8 Å². The van der Waals surface area contributed by atoms with E-state index in [1.165, 1.54) is 116 Å². The van der Waals surface area contributed by atoms with Crippen molar-refractivity contribution < 1.29 is 9.59 Å².